The van der Waals surface area contributed by atoms with E-state index in [-0.39, 0.29) is 11.9 Å². The molecule has 7 nitrogen and oxygen atoms in total. The fraction of sp³-hybridized carbons (Fsp3) is 0.600. The van der Waals surface area contributed by atoms with Crippen LogP contribution in [-0.2, 0) is 18.3 Å². The average molecular weight is 302 g/mol. The molecule has 22 heavy (non-hydrogen) atoms. The summed E-state index contributed by atoms with van der Waals surface area (Å²) in [6.45, 7) is 5.50. The second-order valence-electron chi connectivity index (χ2n) is 5.96. The molecule has 7 heteroatoms. The van der Waals surface area contributed by atoms with Gasteiger partial charge in [0.25, 0.3) is 0 Å². The van der Waals surface area contributed by atoms with E-state index in [1.165, 1.54) is 0 Å². The average Bonchev–Trinajstić information content (AvgIpc) is 3.12. The van der Waals surface area contributed by atoms with Crippen LogP contribution in [0.4, 0.5) is 0 Å². The van der Waals surface area contributed by atoms with Gasteiger partial charge in [-0.05, 0) is 26.7 Å². The summed E-state index contributed by atoms with van der Waals surface area (Å²) in [5.74, 6) is 0.170. The molecule has 0 aliphatic carbocycles. The third-order valence-electron chi connectivity index (χ3n) is 4.55. The number of amides is 1. The zero-order chi connectivity index (χ0) is 15.7. The van der Waals surface area contributed by atoms with E-state index in [2.05, 4.69) is 15.2 Å². The van der Waals surface area contributed by atoms with Crippen molar-refractivity contribution in [2.24, 2.45) is 7.05 Å². The molecule has 0 aromatic carbocycles. The van der Waals surface area contributed by atoms with Crippen LogP contribution in [0.2, 0.25) is 0 Å². The molecule has 1 aliphatic heterocycles. The molecular weight excluding hydrogens is 280 g/mol. The maximum Gasteiger partial charge on any atom is 0.227 e. The van der Waals surface area contributed by atoms with Crippen LogP contribution in [0.3, 0.4) is 0 Å². The largest absolute Gasteiger partial charge is 0.340 e. The number of aryl methyl sites for hydroxylation is 2. The van der Waals surface area contributed by atoms with Crippen molar-refractivity contribution in [3.8, 4) is 0 Å². The Morgan fingerprint density at radius 3 is 2.86 bits per heavy atom. The summed E-state index contributed by atoms with van der Waals surface area (Å²) in [5, 5.41) is 8.59. The first kappa shape index (κ1) is 14.7. The highest BCUT2D eigenvalue weighted by Gasteiger charge is 2.26. The number of carbonyl (C=O) groups is 1. The van der Waals surface area contributed by atoms with E-state index in [4.69, 9.17) is 0 Å². The predicted octanol–water partition coefficient (Wildman–Crippen LogP) is 1.03. The van der Waals surface area contributed by atoms with Crippen LogP contribution in [0.25, 0.3) is 0 Å². The lowest BCUT2D eigenvalue weighted by Crippen LogP contribution is -2.41. The Morgan fingerprint density at radius 2 is 2.23 bits per heavy atom. The second-order valence-corrected chi connectivity index (χ2v) is 5.96. The SMILES string of the molecule is Cc1nn(C)c(C)c1CC(=O)N1CCC[C@@H](n2cncn2)C1. The first-order chi connectivity index (χ1) is 10.6. The minimum Gasteiger partial charge on any atom is -0.340 e. The topological polar surface area (TPSA) is 68.8 Å². The van der Waals surface area contributed by atoms with Crippen molar-refractivity contribution in [2.45, 2.75) is 39.2 Å². The lowest BCUT2D eigenvalue weighted by atomic mass is 10.0. The zero-order valence-electron chi connectivity index (χ0n) is 13.4. The minimum absolute atomic E-state index is 0.170. The van der Waals surface area contributed by atoms with Gasteiger partial charge in [-0.1, -0.05) is 0 Å². The second kappa shape index (κ2) is 5.90. The summed E-state index contributed by atoms with van der Waals surface area (Å²) in [5.41, 5.74) is 3.06. The van der Waals surface area contributed by atoms with Gasteiger partial charge in [-0.15, -0.1) is 0 Å². The molecule has 3 heterocycles. The number of piperidine rings is 1. The molecule has 3 rings (SSSR count). The molecule has 1 aliphatic rings. The van der Waals surface area contributed by atoms with Crippen LogP contribution in [0.1, 0.15) is 35.8 Å². The lowest BCUT2D eigenvalue weighted by Gasteiger charge is -2.32. The standard InChI is InChI=1S/C15H22N6O/c1-11-14(12(2)19(3)18-11)7-15(22)20-6-4-5-13(8-20)21-10-16-9-17-21/h9-10,13H,4-8H2,1-3H3/t13-/m1/s1. The van der Waals surface area contributed by atoms with Gasteiger partial charge in [-0.3, -0.25) is 9.48 Å². The first-order valence-corrected chi connectivity index (χ1v) is 7.67. The van der Waals surface area contributed by atoms with Crippen molar-refractivity contribution in [3.05, 3.63) is 29.6 Å². The number of hydrogen-bond donors (Lipinski definition) is 0. The highest BCUT2D eigenvalue weighted by atomic mass is 16.2. The molecule has 1 amide bonds. The van der Waals surface area contributed by atoms with E-state index >= 15 is 0 Å². The summed E-state index contributed by atoms with van der Waals surface area (Å²) in [4.78, 5) is 18.6. The molecule has 0 N–H and O–H groups in total. The highest BCUT2D eigenvalue weighted by Crippen LogP contribution is 2.22. The van der Waals surface area contributed by atoms with Gasteiger partial charge in [-0.2, -0.15) is 10.2 Å². The number of hydrogen-bond acceptors (Lipinski definition) is 4. The molecular formula is C15H22N6O. The third kappa shape index (κ3) is 2.75. The van der Waals surface area contributed by atoms with Gasteiger partial charge in [0.05, 0.1) is 18.2 Å². The normalized spacial score (nSPS) is 18.7. The van der Waals surface area contributed by atoms with Gasteiger partial charge in [0, 0.05) is 31.4 Å². The van der Waals surface area contributed by atoms with Crippen molar-refractivity contribution in [3.63, 3.8) is 0 Å². The molecule has 0 saturated carbocycles. The Bertz CT molecular complexity index is 660. The van der Waals surface area contributed by atoms with Crippen molar-refractivity contribution < 1.29 is 4.79 Å². The molecule has 118 valence electrons. The molecule has 0 spiro atoms. The van der Waals surface area contributed by atoms with Crippen molar-refractivity contribution in [2.75, 3.05) is 13.1 Å². The molecule has 0 bridgehead atoms. The smallest absolute Gasteiger partial charge is 0.227 e. The number of likely N-dealkylation sites (tertiary alicyclic amines) is 1. The van der Waals surface area contributed by atoms with Crippen LogP contribution in [0.15, 0.2) is 12.7 Å². The van der Waals surface area contributed by atoms with Gasteiger partial charge in [0.15, 0.2) is 0 Å². The summed E-state index contributed by atoms with van der Waals surface area (Å²) < 4.78 is 3.70. The van der Waals surface area contributed by atoms with Crippen LogP contribution in [-0.4, -0.2) is 48.4 Å². The van der Waals surface area contributed by atoms with Gasteiger partial charge in [0.1, 0.15) is 12.7 Å². The Hall–Kier alpha value is -2.18. The molecule has 0 radical (unpaired) electrons. The van der Waals surface area contributed by atoms with Gasteiger partial charge < -0.3 is 4.90 Å². The summed E-state index contributed by atoms with van der Waals surface area (Å²) in [6, 6.07) is 0.233. The number of carbonyl (C=O) groups excluding carboxylic acids is 1. The van der Waals surface area contributed by atoms with Crippen LogP contribution >= 0.6 is 0 Å². The fourth-order valence-electron chi connectivity index (χ4n) is 3.14. The molecule has 2 aromatic rings. The zero-order valence-corrected chi connectivity index (χ0v) is 13.4. The summed E-state index contributed by atoms with van der Waals surface area (Å²) in [7, 11) is 1.91. The number of rotatable bonds is 3. The Balaban J connectivity index is 1.69. The molecule has 2 aromatic heterocycles. The first-order valence-electron chi connectivity index (χ1n) is 7.67. The minimum atomic E-state index is 0.170. The highest BCUT2D eigenvalue weighted by molar-refractivity contribution is 5.79. The number of aromatic nitrogens is 5. The van der Waals surface area contributed by atoms with Crippen LogP contribution in [0.5, 0.6) is 0 Å². The third-order valence-corrected chi connectivity index (χ3v) is 4.55. The summed E-state index contributed by atoms with van der Waals surface area (Å²) >= 11 is 0. The Labute approximate surface area is 129 Å². The quantitative estimate of drug-likeness (QED) is 0.849. The lowest BCUT2D eigenvalue weighted by molar-refractivity contribution is -0.132. The van der Waals surface area contributed by atoms with Gasteiger partial charge in [0.2, 0.25) is 5.91 Å². The van der Waals surface area contributed by atoms with Crippen LogP contribution < -0.4 is 0 Å². The summed E-state index contributed by atoms with van der Waals surface area (Å²) in [6.07, 6.45) is 5.74. The molecule has 1 fully saturated rings. The van der Waals surface area contributed by atoms with E-state index in [1.54, 1.807) is 12.7 Å². The Morgan fingerprint density at radius 1 is 1.41 bits per heavy atom. The van der Waals surface area contributed by atoms with E-state index in [0.29, 0.717) is 13.0 Å². The molecule has 1 saturated heterocycles. The fourth-order valence-corrected chi connectivity index (χ4v) is 3.14. The monoisotopic (exact) mass is 302 g/mol. The van der Waals surface area contributed by atoms with Gasteiger partial charge >= 0.3 is 0 Å². The molecule has 1 atom stereocenters. The van der Waals surface area contributed by atoms with Crippen molar-refractivity contribution in [1.29, 1.82) is 0 Å². The maximum absolute atomic E-state index is 12.6. The van der Waals surface area contributed by atoms with E-state index in [0.717, 1.165) is 36.3 Å². The van der Waals surface area contributed by atoms with E-state index in [1.807, 2.05) is 35.2 Å². The van der Waals surface area contributed by atoms with E-state index < -0.39 is 0 Å². The van der Waals surface area contributed by atoms with Crippen molar-refractivity contribution >= 4 is 5.91 Å². The maximum atomic E-state index is 12.6. The number of nitrogens with zero attached hydrogens (tertiary/aromatic N) is 6. The predicted molar refractivity (Wildman–Crippen MR) is 81.3 cm³/mol. The van der Waals surface area contributed by atoms with Crippen LogP contribution in [0, 0.1) is 13.8 Å². The van der Waals surface area contributed by atoms with Crippen molar-refractivity contribution in [1.82, 2.24) is 29.4 Å². The van der Waals surface area contributed by atoms with E-state index in [9.17, 15) is 4.79 Å². The van der Waals surface area contributed by atoms with Gasteiger partial charge in [-0.25, -0.2) is 9.67 Å². The Kier molecular flexibility index (Phi) is 3.96. The molecule has 0 unspecified atom stereocenters.